The summed E-state index contributed by atoms with van der Waals surface area (Å²) < 4.78 is 2.21. The molecule has 0 aliphatic carbocycles. The quantitative estimate of drug-likeness (QED) is 0.876. The first kappa shape index (κ1) is 16.8. The summed E-state index contributed by atoms with van der Waals surface area (Å²) in [5, 5.41) is 12.2. The Balaban J connectivity index is 1.78. The summed E-state index contributed by atoms with van der Waals surface area (Å²) >= 11 is 0. The summed E-state index contributed by atoms with van der Waals surface area (Å²) in [5.74, 6) is 0.925. The zero-order valence-corrected chi connectivity index (χ0v) is 14.4. The third-order valence-electron chi connectivity index (χ3n) is 4.60. The summed E-state index contributed by atoms with van der Waals surface area (Å²) in [4.78, 5) is 19.3. The van der Waals surface area contributed by atoms with Crippen LogP contribution >= 0.6 is 0 Å². The van der Waals surface area contributed by atoms with Gasteiger partial charge in [-0.25, -0.2) is 4.98 Å². The molecular weight excluding hydrogens is 304 g/mol. The molecule has 2 heterocycles. The van der Waals surface area contributed by atoms with Crippen molar-refractivity contribution in [3.05, 3.63) is 24.3 Å². The van der Waals surface area contributed by atoms with Gasteiger partial charge in [0.1, 0.15) is 0 Å². The minimum Gasteiger partial charge on any atom is -0.392 e. The van der Waals surface area contributed by atoms with E-state index in [1.165, 1.54) is 0 Å². The molecule has 1 aromatic carbocycles. The number of aliphatic hydroxyl groups excluding tert-OH is 1. The van der Waals surface area contributed by atoms with Crippen LogP contribution in [-0.2, 0) is 11.3 Å². The van der Waals surface area contributed by atoms with Crippen molar-refractivity contribution in [1.82, 2.24) is 14.9 Å². The average molecular weight is 330 g/mol. The van der Waals surface area contributed by atoms with Gasteiger partial charge in [-0.05, 0) is 38.8 Å². The largest absolute Gasteiger partial charge is 0.392 e. The van der Waals surface area contributed by atoms with E-state index in [4.69, 9.17) is 4.98 Å². The summed E-state index contributed by atoms with van der Waals surface area (Å²) in [7, 11) is 0. The molecule has 2 N–H and O–H groups in total. The Morgan fingerprint density at radius 2 is 2.25 bits per heavy atom. The van der Waals surface area contributed by atoms with Crippen LogP contribution in [0.5, 0.6) is 0 Å². The number of carbonyl (C=O) groups excluding carboxylic acids is 1. The van der Waals surface area contributed by atoms with Gasteiger partial charge in [0.05, 0.1) is 23.1 Å². The van der Waals surface area contributed by atoms with E-state index < -0.39 is 6.10 Å². The molecule has 1 fully saturated rings. The van der Waals surface area contributed by atoms with Crippen molar-refractivity contribution in [2.75, 3.05) is 24.5 Å². The van der Waals surface area contributed by atoms with E-state index in [1.54, 1.807) is 6.92 Å². The van der Waals surface area contributed by atoms with E-state index >= 15 is 0 Å². The number of para-hydroxylation sites is 2. The molecule has 0 saturated carbocycles. The van der Waals surface area contributed by atoms with Gasteiger partial charge < -0.3 is 19.9 Å². The predicted molar refractivity (Wildman–Crippen MR) is 95.0 cm³/mol. The van der Waals surface area contributed by atoms with E-state index in [-0.39, 0.29) is 11.8 Å². The second-order valence-electron chi connectivity index (χ2n) is 6.52. The third kappa shape index (κ3) is 3.38. The smallest absolute Gasteiger partial charge is 0.224 e. The highest BCUT2D eigenvalue weighted by atomic mass is 16.3. The molecule has 0 radical (unpaired) electrons. The number of piperidine rings is 1. The number of imidazole rings is 1. The fraction of sp³-hybridized carbons (Fsp3) is 0.556. The van der Waals surface area contributed by atoms with E-state index in [1.807, 2.05) is 18.2 Å². The molecule has 2 atom stereocenters. The molecule has 1 aromatic heterocycles. The van der Waals surface area contributed by atoms with Gasteiger partial charge in [0.15, 0.2) is 0 Å². The second kappa shape index (κ2) is 7.21. The lowest BCUT2D eigenvalue weighted by atomic mass is 9.97. The Bertz CT molecular complexity index is 710. The minimum absolute atomic E-state index is 0.0276. The van der Waals surface area contributed by atoms with Gasteiger partial charge in [0.2, 0.25) is 11.9 Å². The SMILES string of the molecule is CCn1c(N2CCCC(C(=O)NCC(C)O)C2)nc2ccccc21. The highest BCUT2D eigenvalue weighted by Gasteiger charge is 2.28. The van der Waals surface area contributed by atoms with Crippen LogP contribution in [0.3, 0.4) is 0 Å². The highest BCUT2D eigenvalue weighted by Crippen LogP contribution is 2.27. The first-order valence-electron chi connectivity index (χ1n) is 8.76. The van der Waals surface area contributed by atoms with Crippen LogP contribution in [-0.4, -0.2) is 46.3 Å². The van der Waals surface area contributed by atoms with E-state index in [2.05, 4.69) is 27.8 Å². The lowest BCUT2D eigenvalue weighted by Crippen LogP contribution is -2.45. The third-order valence-corrected chi connectivity index (χ3v) is 4.60. The van der Waals surface area contributed by atoms with Gasteiger partial charge in [-0.2, -0.15) is 0 Å². The molecule has 1 amide bonds. The van der Waals surface area contributed by atoms with Crippen molar-refractivity contribution in [1.29, 1.82) is 0 Å². The molecule has 0 bridgehead atoms. The predicted octanol–water partition coefficient (Wildman–Crippen LogP) is 1.77. The summed E-state index contributed by atoms with van der Waals surface area (Å²) in [5.41, 5.74) is 2.13. The number of benzene rings is 1. The summed E-state index contributed by atoms with van der Waals surface area (Å²) in [6.07, 6.45) is 1.34. The standard InChI is InChI=1S/C18H26N4O2/c1-3-22-16-9-5-4-8-15(16)20-18(22)21-10-6-7-14(12-21)17(24)19-11-13(2)23/h4-5,8-9,13-14,23H,3,6-7,10-12H2,1-2H3,(H,19,24). The van der Waals surface area contributed by atoms with Crippen LogP contribution < -0.4 is 10.2 Å². The van der Waals surface area contributed by atoms with Gasteiger partial charge in [-0.15, -0.1) is 0 Å². The lowest BCUT2D eigenvalue weighted by molar-refractivity contribution is -0.125. The zero-order valence-electron chi connectivity index (χ0n) is 14.4. The fourth-order valence-electron chi connectivity index (χ4n) is 3.38. The number of aryl methyl sites for hydroxylation is 1. The number of amides is 1. The Hall–Kier alpha value is -2.08. The number of aliphatic hydroxyl groups is 1. The number of nitrogens with zero attached hydrogens (tertiary/aromatic N) is 3. The van der Waals surface area contributed by atoms with Crippen molar-refractivity contribution in [3.63, 3.8) is 0 Å². The number of anilines is 1. The van der Waals surface area contributed by atoms with E-state index in [9.17, 15) is 9.90 Å². The average Bonchev–Trinajstić information content (AvgIpc) is 2.98. The molecule has 1 saturated heterocycles. The van der Waals surface area contributed by atoms with Gasteiger partial charge in [0, 0.05) is 26.2 Å². The molecule has 3 rings (SSSR count). The van der Waals surface area contributed by atoms with Crippen LogP contribution in [0.25, 0.3) is 11.0 Å². The van der Waals surface area contributed by atoms with Crippen LogP contribution in [0.1, 0.15) is 26.7 Å². The first-order valence-corrected chi connectivity index (χ1v) is 8.76. The van der Waals surface area contributed by atoms with Gasteiger partial charge in [-0.1, -0.05) is 12.1 Å². The number of fused-ring (bicyclic) bond motifs is 1. The monoisotopic (exact) mass is 330 g/mol. The summed E-state index contributed by atoms with van der Waals surface area (Å²) in [6, 6.07) is 8.15. The van der Waals surface area contributed by atoms with Gasteiger partial charge in [0.25, 0.3) is 0 Å². The molecular formula is C18H26N4O2. The zero-order chi connectivity index (χ0) is 17.1. The van der Waals surface area contributed by atoms with Gasteiger partial charge in [-0.3, -0.25) is 4.79 Å². The highest BCUT2D eigenvalue weighted by molar-refractivity contribution is 5.81. The van der Waals surface area contributed by atoms with Crippen molar-refractivity contribution < 1.29 is 9.90 Å². The Labute approximate surface area is 142 Å². The maximum absolute atomic E-state index is 12.3. The molecule has 2 unspecified atom stereocenters. The van der Waals surface area contributed by atoms with Crippen molar-refractivity contribution in [3.8, 4) is 0 Å². The van der Waals surface area contributed by atoms with Crippen molar-refractivity contribution in [2.45, 2.75) is 39.3 Å². The number of nitrogens with one attached hydrogen (secondary N) is 1. The Morgan fingerprint density at radius 1 is 1.46 bits per heavy atom. The molecule has 1 aliphatic rings. The van der Waals surface area contributed by atoms with Crippen molar-refractivity contribution in [2.24, 2.45) is 5.92 Å². The second-order valence-corrected chi connectivity index (χ2v) is 6.52. The molecule has 2 aromatic rings. The number of rotatable bonds is 5. The topological polar surface area (TPSA) is 70.4 Å². The molecule has 6 heteroatoms. The van der Waals surface area contributed by atoms with Crippen LogP contribution in [0, 0.1) is 5.92 Å². The van der Waals surface area contributed by atoms with Gasteiger partial charge >= 0.3 is 0 Å². The van der Waals surface area contributed by atoms with Crippen LogP contribution in [0.4, 0.5) is 5.95 Å². The lowest BCUT2D eigenvalue weighted by Gasteiger charge is -2.33. The van der Waals surface area contributed by atoms with Crippen LogP contribution in [0.2, 0.25) is 0 Å². The van der Waals surface area contributed by atoms with Crippen LogP contribution in [0.15, 0.2) is 24.3 Å². The maximum Gasteiger partial charge on any atom is 0.224 e. The summed E-state index contributed by atoms with van der Waals surface area (Å²) in [6.45, 7) is 6.55. The Morgan fingerprint density at radius 3 is 3.00 bits per heavy atom. The molecule has 24 heavy (non-hydrogen) atoms. The van der Waals surface area contributed by atoms with E-state index in [0.29, 0.717) is 13.1 Å². The molecule has 130 valence electrons. The normalized spacial score (nSPS) is 19.5. The van der Waals surface area contributed by atoms with Crippen molar-refractivity contribution >= 4 is 22.9 Å². The molecule has 1 aliphatic heterocycles. The number of aromatic nitrogens is 2. The molecule has 6 nitrogen and oxygen atoms in total. The first-order chi connectivity index (χ1) is 11.6. The number of hydrogen-bond donors (Lipinski definition) is 2. The Kier molecular flexibility index (Phi) is 5.04. The molecule has 0 spiro atoms. The number of hydrogen-bond acceptors (Lipinski definition) is 4. The maximum atomic E-state index is 12.3. The minimum atomic E-state index is -0.516. The number of carbonyl (C=O) groups is 1. The fourth-order valence-corrected chi connectivity index (χ4v) is 3.38. The van der Waals surface area contributed by atoms with E-state index in [0.717, 1.165) is 42.9 Å².